The topological polar surface area (TPSA) is 102 Å². The van der Waals surface area contributed by atoms with Gasteiger partial charge in [0.05, 0.1) is 5.56 Å². The first kappa shape index (κ1) is 17.8. The van der Waals surface area contributed by atoms with Crippen LogP contribution in [-0.4, -0.2) is 42.0 Å². The molecule has 1 saturated heterocycles. The normalized spacial score (nSPS) is 16.0. The number of ether oxygens (including phenoxy) is 1. The summed E-state index contributed by atoms with van der Waals surface area (Å²) in [5.41, 5.74) is 5.81. The number of hydrogen-bond acceptors (Lipinski definition) is 4. The van der Waals surface area contributed by atoms with Crippen molar-refractivity contribution in [3.8, 4) is 0 Å². The third kappa shape index (κ3) is 4.97. The molecular weight excluding hydrogens is 310 g/mol. The second kappa shape index (κ2) is 8.33. The molecule has 0 saturated carbocycles. The monoisotopic (exact) mass is 333 g/mol. The van der Waals surface area contributed by atoms with E-state index < -0.39 is 18.1 Å². The number of nitrogens with two attached hydrogens (primary N) is 1. The predicted molar refractivity (Wildman–Crippen MR) is 89.6 cm³/mol. The number of likely N-dealkylation sites (tertiary alicyclic amines) is 1. The van der Waals surface area contributed by atoms with Crippen LogP contribution in [0.4, 0.5) is 10.5 Å². The van der Waals surface area contributed by atoms with Crippen LogP contribution in [0.15, 0.2) is 24.3 Å². The number of carbonyl (C=O) groups is 3. The third-order valence-corrected chi connectivity index (χ3v) is 3.94. The minimum Gasteiger partial charge on any atom is -0.449 e. The zero-order valence-electron chi connectivity index (χ0n) is 13.8. The molecule has 1 fully saturated rings. The van der Waals surface area contributed by atoms with Crippen molar-refractivity contribution >= 4 is 23.6 Å². The zero-order chi connectivity index (χ0) is 17.5. The number of benzene rings is 1. The lowest BCUT2D eigenvalue weighted by molar-refractivity contribution is -0.139. The number of anilines is 1. The van der Waals surface area contributed by atoms with Gasteiger partial charge in [0, 0.05) is 18.8 Å². The minimum absolute atomic E-state index is 0.155. The summed E-state index contributed by atoms with van der Waals surface area (Å²) in [5, 5.41) is 2.40. The molecule has 2 rings (SSSR count). The Morgan fingerprint density at radius 2 is 1.67 bits per heavy atom. The quantitative estimate of drug-likeness (QED) is 0.824. The first-order valence-corrected chi connectivity index (χ1v) is 8.13. The number of urea groups is 1. The molecule has 1 heterocycles. The molecule has 7 heteroatoms. The SMILES string of the molecule is C[C@H](OC(=O)c1ccc(NC(N)=O)cc1)C(=O)N1CCCCCC1. The summed E-state index contributed by atoms with van der Waals surface area (Å²) in [5.74, 6) is -0.728. The second-order valence-electron chi connectivity index (χ2n) is 5.85. The highest BCUT2D eigenvalue weighted by Crippen LogP contribution is 2.14. The van der Waals surface area contributed by atoms with E-state index in [1.54, 1.807) is 24.0 Å². The van der Waals surface area contributed by atoms with Gasteiger partial charge in [-0.2, -0.15) is 0 Å². The molecule has 24 heavy (non-hydrogen) atoms. The number of nitrogens with zero attached hydrogens (tertiary/aromatic N) is 1. The Kier molecular flexibility index (Phi) is 6.17. The largest absolute Gasteiger partial charge is 0.449 e. The van der Waals surface area contributed by atoms with Crippen molar-refractivity contribution in [3.05, 3.63) is 29.8 Å². The van der Waals surface area contributed by atoms with Crippen LogP contribution in [0.1, 0.15) is 43.0 Å². The van der Waals surface area contributed by atoms with E-state index in [1.807, 2.05) is 0 Å². The Bertz CT molecular complexity index is 592. The van der Waals surface area contributed by atoms with Crippen LogP contribution in [-0.2, 0) is 9.53 Å². The van der Waals surface area contributed by atoms with Crippen molar-refractivity contribution < 1.29 is 19.1 Å². The molecule has 0 unspecified atom stereocenters. The maximum absolute atomic E-state index is 12.4. The molecule has 0 radical (unpaired) electrons. The Balaban J connectivity index is 1.92. The van der Waals surface area contributed by atoms with Crippen LogP contribution in [0.2, 0.25) is 0 Å². The smallest absolute Gasteiger partial charge is 0.338 e. The summed E-state index contributed by atoms with van der Waals surface area (Å²) in [6.07, 6.45) is 3.41. The Morgan fingerprint density at radius 3 is 2.21 bits per heavy atom. The number of amides is 3. The highest BCUT2D eigenvalue weighted by molar-refractivity contribution is 5.93. The molecule has 130 valence electrons. The second-order valence-corrected chi connectivity index (χ2v) is 5.85. The van der Waals surface area contributed by atoms with Crippen LogP contribution in [0, 0.1) is 0 Å². The number of carbonyl (C=O) groups excluding carboxylic acids is 3. The van der Waals surface area contributed by atoms with E-state index in [0.29, 0.717) is 24.3 Å². The first-order valence-electron chi connectivity index (χ1n) is 8.13. The van der Waals surface area contributed by atoms with E-state index in [-0.39, 0.29) is 5.91 Å². The van der Waals surface area contributed by atoms with Gasteiger partial charge in [-0.15, -0.1) is 0 Å². The van der Waals surface area contributed by atoms with Crippen LogP contribution in [0.25, 0.3) is 0 Å². The molecule has 3 N–H and O–H groups in total. The Morgan fingerprint density at radius 1 is 1.08 bits per heavy atom. The van der Waals surface area contributed by atoms with Crippen LogP contribution >= 0.6 is 0 Å². The molecule has 7 nitrogen and oxygen atoms in total. The molecule has 0 spiro atoms. The Hall–Kier alpha value is -2.57. The van der Waals surface area contributed by atoms with Gasteiger partial charge in [0.2, 0.25) is 0 Å². The van der Waals surface area contributed by atoms with Gasteiger partial charge >= 0.3 is 12.0 Å². The maximum Gasteiger partial charge on any atom is 0.338 e. The molecule has 1 aromatic carbocycles. The fraction of sp³-hybridized carbons (Fsp3) is 0.471. The van der Waals surface area contributed by atoms with Crippen LogP contribution in [0.5, 0.6) is 0 Å². The lowest BCUT2D eigenvalue weighted by atomic mass is 10.2. The van der Waals surface area contributed by atoms with Crippen molar-refractivity contribution in [2.24, 2.45) is 5.73 Å². The molecule has 0 aliphatic carbocycles. The van der Waals surface area contributed by atoms with E-state index in [9.17, 15) is 14.4 Å². The number of nitrogens with one attached hydrogen (secondary N) is 1. The number of esters is 1. The molecule has 1 aliphatic heterocycles. The van der Waals surface area contributed by atoms with Gasteiger partial charge in [0.1, 0.15) is 0 Å². The number of primary amides is 1. The predicted octanol–water partition coefficient (Wildman–Crippen LogP) is 2.13. The minimum atomic E-state index is -0.820. The highest BCUT2D eigenvalue weighted by atomic mass is 16.5. The van der Waals surface area contributed by atoms with Crippen molar-refractivity contribution in [2.45, 2.75) is 38.7 Å². The van der Waals surface area contributed by atoms with Crippen molar-refractivity contribution in [1.82, 2.24) is 4.90 Å². The molecule has 1 atom stereocenters. The zero-order valence-corrected chi connectivity index (χ0v) is 13.8. The van der Waals surface area contributed by atoms with Crippen molar-refractivity contribution in [2.75, 3.05) is 18.4 Å². The van der Waals surface area contributed by atoms with E-state index >= 15 is 0 Å². The molecule has 1 aromatic rings. The average molecular weight is 333 g/mol. The first-order chi connectivity index (χ1) is 11.5. The maximum atomic E-state index is 12.4. The van der Waals surface area contributed by atoms with Crippen LogP contribution in [0.3, 0.4) is 0 Å². The summed E-state index contributed by atoms with van der Waals surface area (Å²) < 4.78 is 5.27. The van der Waals surface area contributed by atoms with Gasteiger partial charge in [0.15, 0.2) is 6.10 Å². The standard InChI is InChI=1S/C17H23N3O4/c1-12(15(21)20-10-4-2-3-5-11-20)24-16(22)13-6-8-14(9-7-13)19-17(18)23/h6-9,12H,2-5,10-11H2,1H3,(H3,18,19,23)/t12-/m0/s1. The van der Waals surface area contributed by atoms with E-state index in [2.05, 4.69) is 5.32 Å². The van der Waals surface area contributed by atoms with E-state index in [0.717, 1.165) is 25.7 Å². The molecule has 0 aromatic heterocycles. The molecule has 3 amide bonds. The number of hydrogen-bond donors (Lipinski definition) is 2. The number of rotatable bonds is 4. The Labute approximate surface area is 141 Å². The fourth-order valence-corrected chi connectivity index (χ4v) is 2.66. The van der Waals surface area contributed by atoms with Gasteiger partial charge < -0.3 is 20.7 Å². The van der Waals surface area contributed by atoms with E-state index in [1.165, 1.54) is 12.1 Å². The van der Waals surface area contributed by atoms with Crippen molar-refractivity contribution in [3.63, 3.8) is 0 Å². The van der Waals surface area contributed by atoms with Gasteiger partial charge in [-0.3, -0.25) is 4.79 Å². The summed E-state index contributed by atoms with van der Waals surface area (Å²) in [6.45, 7) is 3.02. The summed E-state index contributed by atoms with van der Waals surface area (Å²) >= 11 is 0. The van der Waals surface area contributed by atoms with Crippen molar-refractivity contribution in [1.29, 1.82) is 0 Å². The van der Waals surface area contributed by atoms with E-state index in [4.69, 9.17) is 10.5 Å². The molecular formula is C17H23N3O4. The third-order valence-electron chi connectivity index (χ3n) is 3.94. The lowest BCUT2D eigenvalue weighted by Crippen LogP contribution is -2.40. The summed E-state index contributed by atoms with van der Waals surface area (Å²) in [4.78, 5) is 37.0. The van der Waals surface area contributed by atoms with Crippen LogP contribution < -0.4 is 11.1 Å². The van der Waals surface area contributed by atoms with Gasteiger partial charge in [0.25, 0.3) is 5.91 Å². The molecule has 0 bridgehead atoms. The van der Waals surface area contributed by atoms with Gasteiger partial charge in [-0.05, 0) is 44.0 Å². The van der Waals surface area contributed by atoms with Gasteiger partial charge in [-0.1, -0.05) is 12.8 Å². The summed E-state index contributed by atoms with van der Waals surface area (Å²) in [7, 11) is 0. The summed E-state index contributed by atoms with van der Waals surface area (Å²) in [6, 6.07) is 5.43. The average Bonchev–Trinajstić information content (AvgIpc) is 2.83. The molecule has 1 aliphatic rings. The fourth-order valence-electron chi connectivity index (χ4n) is 2.66. The lowest BCUT2D eigenvalue weighted by Gasteiger charge is -2.24. The van der Waals surface area contributed by atoms with Gasteiger partial charge in [-0.25, -0.2) is 9.59 Å². The highest BCUT2D eigenvalue weighted by Gasteiger charge is 2.24.